The molecule has 0 spiro atoms. The molecule has 6 aromatic rings. The van der Waals surface area contributed by atoms with Crippen LogP contribution in [0.15, 0.2) is 127 Å². The first-order valence-electron chi connectivity index (χ1n) is 16.2. The smallest absolute Gasteiger partial charge is 0.744 e. The average Bonchev–Trinajstić information content (AvgIpc) is 3.15. The maximum absolute atomic E-state index is 11.5. The summed E-state index contributed by atoms with van der Waals surface area (Å²) >= 11 is 0. The molecule has 0 saturated carbocycles. The van der Waals surface area contributed by atoms with E-state index in [4.69, 9.17) is 0 Å². The Bertz CT molecular complexity index is 2640. The van der Waals surface area contributed by atoms with E-state index in [2.05, 4.69) is 20.5 Å². The second-order valence-corrected chi connectivity index (χ2v) is 14.5. The maximum Gasteiger partial charge on any atom is 2.00 e. The van der Waals surface area contributed by atoms with Crippen molar-refractivity contribution in [3.63, 3.8) is 0 Å². The Hall–Kier alpha value is -5.48. The van der Waals surface area contributed by atoms with E-state index in [0.717, 1.165) is 12.1 Å². The van der Waals surface area contributed by atoms with Gasteiger partial charge in [0.15, 0.2) is 11.5 Å². The number of aromatic hydroxyl groups is 2. The first kappa shape index (κ1) is 44.2. The first-order chi connectivity index (χ1) is 26.4. The van der Waals surface area contributed by atoms with Crippen molar-refractivity contribution in [3.05, 3.63) is 128 Å². The number of phenolic OH excluding ortho intramolecular Hbond substituents is 2. The number of nitro groups is 2. The summed E-state index contributed by atoms with van der Waals surface area (Å²) in [5.74, 6) is -1.64. The number of aryl methyl sites for hydroxylation is 2. The third kappa shape index (κ3) is 10.5. The molecule has 0 aliphatic heterocycles. The Morgan fingerprint density at radius 3 is 1.23 bits per heavy atom. The first-order valence-corrected chi connectivity index (χ1v) is 19.0. The zero-order valence-electron chi connectivity index (χ0n) is 29.8. The van der Waals surface area contributed by atoms with Gasteiger partial charge in [-0.1, -0.05) is 62.4 Å². The van der Waals surface area contributed by atoms with Gasteiger partial charge in [-0.15, -0.1) is 10.2 Å². The molecule has 6 rings (SSSR count). The van der Waals surface area contributed by atoms with Crippen molar-refractivity contribution in [3.8, 4) is 11.5 Å². The topological polar surface area (TPSA) is 291 Å². The minimum atomic E-state index is -4.95. The van der Waals surface area contributed by atoms with Gasteiger partial charge in [0, 0.05) is 35.0 Å². The summed E-state index contributed by atoms with van der Waals surface area (Å²) < 4.78 is 68.8. The molecular weight excluding hydrogens is 813 g/mol. The third-order valence-electron chi connectivity index (χ3n) is 8.15. The largest absolute Gasteiger partial charge is 2.00 e. The number of fused-ring (bicyclic) bond motifs is 2. The van der Waals surface area contributed by atoms with Crippen LogP contribution in [0.5, 0.6) is 11.5 Å². The Kier molecular flexibility index (Phi) is 14.1. The van der Waals surface area contributed by atoms with Gasteiger partial charge in [0.25, 0.3) is 11.4 Å². The monoisotopic (exact) mass is 840 g/mol. The fraction of sp³-hybridized carbons (Fsp3) is 0.111. The van der Waals surface area contributed by atoms with Gasteiger partial charge in [-0.3, -0.25) is 20.2 Å². The summed E-state index contributed by atoms with van der Waals surface area (Å²) in [7, 11) is -9.90. The molecule has 18 nitrogen and oxygen atoms in total. The van der Waals surface area contributed by atoms with Gasteiger partial charge in [-0.25, -0.2) is 16.8 Å². The van der Waals surface area contributed by atoms with Crippen LogP contribution in [0.4, 0.5) is 34.1 Å². The number of nitro benzene ring substituents is 2. The van der Waals surface area contributed by atoms with Gasteiger partial charge in [0.1, 0.15) is 31.6 Å². The number of phenols is 2. The minimum Gasteiger partial charge on any atom is -0.744 e. The normalized spacial score (nSPS) is 11.7. The van der Waals surface area contributed by atoms with Crippen molar-refractivity contribution >= 4 is 114 Å². The molecule has 0 heterocycles. The molecule has 0 saturated heterocycles. The molecule has 0 aliphatic carbocycles. The van der Waals surface area contributed by atoms with Gasteiger partial charge in [0.2, 0.25) is 0 Å². The van der Waals surface area contributed by atoms with Crippen molar-refractivity contribution in [2.75, 3.05) is 0 Å². The van der Waals surface area contributed by atoms with Crippen LogP contribution < -0.4 is 0 Å². The van der Waals surface area contributed by atoms with E-state index < -0.39 is 51.4 Å². The van der Waals surface area contributed by atoms with E-state index >= 15 is 0 Å². The summed E-state index contributed by atoms with van der Waals surface area (Å²) in [6, 6.07) is 23.4. The number of nitrogens with zero attached hydrogens (tertiary/aromatic N) is 6. The number of azo groups is 2. The van der Waals surface area contributed by atoms with E-state index in [0.29, 0.717) is 45.5 Å². The Balaban J connectivity index is 0.000000248. The van der Waals surface area contributed by atoms with Gasteiger partial charge >= 0.3 is 37.7 Å². The summed E-state index contributed by atoms with van der Waals surface area (Å²) in [6.45, 7) is 3.64. The van der Waals surface area contributed by atoms with Crippen LogP contribution in [0.2, 0.25) is 0 Å². The van der Waals surface area contributed by atoms with E-state index in [1.54, 1.807) is 60.7 Å². The molecule has 21 heteroatoms. The SMILES string of the molecule is CCc1cc(N=Nc2c(O)c(S(=O)(=O)[O-])cc3ccccc23)cc([N+](=O)[O-])c1.CCc1cc(N=Nc2c(O)c(S(=O)(=O)[O-])cc3ccccc23)cc([N+](=O)[O-])c1.[Ca+2]. The molecule has 0 bridgehead atoms. The second-order valence-electron chi connectivity index (χ2n) is 11.8. The van der Waals surface area contributed by atoms with Crippen molar-refractivity contribution in [1.82, 2.24) is 0 Å². The molecule has 288 valence electrons. The number of hydrogen-bond donors (Lipinski definition) is 2. The second kappa shape index (κ2) is 18.2. The van der Waals surface area contributed by atoms with Crippen LogP contribution in [0, 0.1) is 20.2 Å². The van der Waals surface area contributed by atoms with Gasteiger partial charge < -0.3 is 19.3 Å². The molecule has 57 heavy (non-hydrogen) atoms. The zero-order valence-corrected chi connectivity index (χ0v) is 33.7. The van der Waals surface area contributed by atoms with Crippen LogP contribution >= 0.6 is 0 Å². The Labute approximate surface area is 354 Å². The van der Waals surface area contributed by atoms with Crippen molar-refractivity contribution in [2.45, 2.75) is 36.5 Å². The number of rotatable bonds is 10. The van der Waals surface area contributed by atoms with Gasteiger partial charge in [0.05, 0.1) is 31.0 Å². The Morgan fingerprint density at radius 2 is 0.912 bits per heavy atom. The summed E-state index contributed by atoms with van der Waals surface area (Å²) in [4.78, 5) is 19.4. The van der Waals surface area contributed by atoms with Crippen LogP contribution in [-0.2, 0) is 33.1 Å². The Morgan fingerprint density at radius 1 is 0.561 bits per heavy atom. The molecule has 0 radical (unpaired) electrons. The number of hydrogen-bond acceptors (Lipinski definition) is 16. The van der Waals surface area contributed by atoms with Crippen molar-refractivity contribution in [1.29, 1.82) is 0 Å². The fourth-order valence-electron chi connectivity index (χ4n) is 5.43. The van der Waals surface area contributed by atoms with E-state index in [1.807, 2.05) is 13.8 Å². The number of non-ortho nitro benzene ring substituents is 2. The minimum absolute atomic E-state index is 0. The molecule has 2 N–H and O–H groups in total. The van der Waals surface area contributed by atoms with Crippen LogP contribution in [0.3, 0.4) is 0 Å². The van der Waals surface area contributed by atoms with E-state index in [1.165, 1.54) is 24.3 Å². The molecule has 0 amide bonds. The molecule has 6 aromatic carbocycles. The molecule has 0 aliphatic rings. The fourth-order valence-corrected chi connectivity index (χ4v) is 6.64. The molecule has 0 unspecified atom stereocenters. The molecular formula is C36H28CaN6O12S2. The van der Waals surface area contributed by atoms with Crippen molar-refractivity contribution < 1.29 is 46.0 Å². The molecule has 0 atom stereocenters. The maximum atomic E-state index is 11.5. The van der Waals surface area contributed by atoms with E-state index in [9.17, 15) is 56.4 Å². The summed E-state index contributed by atoms with van der Waals surface area (Å²) in [5, 5.41) is 59.9. The predicted octanol–water partition coefficient (Wildman–Crippen LogP) is 8.29. The molecule has 0 aromatic heterocycles. The molecule has 0 fully saturated rings. The van der Waals surface area contributed by atoms with Crippen LogP contribution in [-0.4, -0.2) is 83.7 Å². The predicted molar refractivity (Wildman–Crippen MR) is 206 cm³/mol. The zero-order chi connectivity index (χ0) is 40.9. The standard InChI is InChI=1S/2C18H15N3O6S.Ca/c2*1-2-11-7-13(10-14(8-11)21(23)24)19-20-17-15-6-4-3-5-12(15)9-16(18(17)22)28(25,26)27;/h2*3-10,22H,2H2,1H3,(H,25,26,27);/q;;+2/p-2. The van der Waals surface area contributed by atoms with Crippen LogP contribution in [0.1, 0.15) is 25.0 Å². The van der Waals surface area contributed by atoms with E-state index in [-0.39, 0.29) is 71.9 Å². The third-order valence-corrected chi connectivity index (χ3v) is 9.85. The quantitative estimate of drug-likeness (QED) is 0.0433. The summed E-state index contributed by atoms with van der Waals surface area (Å²) in [6.07, 6.45) is 1.06. The van der Waals surface area contributed by atoms with Gasteiger partial charge in [-0.05, 0) is 59.0 Å². The number of benzene rings is 6. The van der Waals surface area contributed by atoms with Crippen LogP contribution in [0.25, 0.3) is 21.5 Å². The van der Waals surface area contributed by atoms with Gasteiger partial charge in [-0.2, -0.15) is 10.2 Å². The van der Waals surface area contributed by atoms with Crippen molar-refractivity contribution in [2.24, 2.45) is 20.5 Å². The summed E-state index contributed by atoms with van der Waals surface area (Å²) in [5.41, 5.74) is 0.877. The average molecular weight is 841 g/mol.